The van der Waals surface area contributed by atoms with Gasteiger partial charge in [-0.25, -0.2) is 9.37 Å². The summed E-state index contributed by atoms with van der Waals surface area (Å²) in [6.45, 7) is 4.06. The summed E-state index contributed by atoms with van der Waals surface area (Å²) in [5.41, 5.74) is 1.38. The van der Waals surface area contributed by atoms with E-state index in [4.69, 9.17) is 0 Å². The lowest BCUT2D eigenvalue weighted by Crippen LogP contribution is -2.23. The molecule has 0 saturated heterocycles. The highest BCUT2D eigenvalue weighted by molar-refractivity contribution is 7.99. The van der Waals surface area contributed by atoms with Gasteiger partial charge in [0, 0.05) is 17.0 Å². The van der Waals surface area contributed by atoms with Gasteiger partial charge < -0.3 is 0 Å². The highest BCUT2D eigenvalue weighted by Crippen LogP contribution is 2.35. The second-order valence-electron chi connectivity index (χ2n) is 6.36. The number of aryl methyl sites for hydroxylation is 2. The number of hydrogen-bond donors (Lipinski definition) is 0. The van der Waals surface area contributed by atoms with Crippen LogP contribution in [0.3, 0.4) is 0 Å². The Morgan fingerprint density at radius 3 is 3.04 bits per heavy atom. The van der Waals surface area contributed by atoms with E-state index in [0.29, 0.717) is 17.3 Å². The maximum atomic E-state index is 13.3. The Hall–Kier alpha value is -2.25. The van der Waals surface area contributed by atoms with E-state index in [0.717, 1.165) is 35.0 Å². The minimum atomic E-state index is -0.443. The molecule has 0 amide bonds. The zero-order valence-electron chi connectivity index (χ0n) is 14.5. The molecule has 0 saturated carbocycles. The number of benzene rings is 1. The van der Waals surface area contributed by atoms with Gasteiger partial charge in [0.2, 0.25) is 0 Å². The van der Waals surface area contributed by atoms with E-state index in [1.807, 2.05) is 0 Å². The molecular weight excluding hydrogens is 383 g/mol. The van der Waals surface area contributed by atoms with Gasteiger partial charge in [0.05, 0.1) is 11.1 Å². The normalized spacial score (nSPS) is 13.1. The van der Waals surface area contributed by atoms with Crippen molar-refractivity contribution in [1.82, 2.24) is 9.55 Å². The van der Waals surface area contributed by atoms with E-state index in [1.165, 1.54) is 34.8 Å². The van der Waals surface area contributed by atoms with Crippen molar-refractivity contribution in [2.24, 2.45) is 0 Å². The topological polar surface area (TPSA) is 52.0 Å². The van der Waals surface area contributed by atoms with Crippen molar-refractivity contribution in [3.8, 4) is 0 Å². The fourth-order valence-corrected chi connectivity index (χ4v) is 5.54. The number of ketones is 1. The van der Waals surface area contributed by atoms with Crippen molar-refractivity contribution in [3.63, 3.8) is 0 Å². The molecule has 1 aliphatic carbocycles. The van der Waals surface area contributed by atoms with Crippen LogP contribution in [0, 0.1) is 5.82 Å². The van der Waals surface area contributed by atoms with Crippen LogP contribution in [0.4, 0.5) is 4.39 Å². The zero-order valence-corrected chi connectivity index (χ0v) is 16.2. The number of rotatable bonds is 6. The van der Waals surface area contributed by atoms with E-state index in [2.05, 4.69) is 11.6 Å². The molecule has 2 aromatic heterocycles. The number of allylic oxidation sites excluding steroid dienone is 1. The highest BCUT2D eigenvalue weighted by atomic mass is 32.2. The summed E-state index contributed by atoms with van der Waals surface area (Å²) in [4.78, 5) is 32.1. The molecule has 3 aromatic rings. The fourth-order valence-electron chi connectivity index (χ4n) is 3.33. The van der Waals surface area contributed by atoms with Crippen molar-refractivity contribution in [1.29, 1.82) is 0 Å². The molecule has 0 radical (unpaired) electrons. The first-order chi connectivity index (χ1) is 13.1. The third kappa shape index (κ3) is 3.37. The van der Waals surface area contributed by atoms with E-state index in [9.17, 15) is 14.0 Å². The first-order valence-corrected chi connectivity index (χ1v) is 10.5. The summed E-state index contributed by atoms with van der Waals surface area (Å²) >= 11 is 2.78. The Morgan fingerprint density at radius 2 is 2.26 bits per heavy atom. The number of aromatic nitrogens is 2. The lowest BCUT2D eigenvalue weighted by molar-refractivity contribution is 0.102. The lowest BCUT2D eigenvalue weighted by atomic mass is 10.1. The second kappa shape index (κ2) is 7.40. The van der Waals surface area contributed by atoms with Crippen molar-refractivity contribution in [2.75, 3.05) is 5.75 Å². The van der Waals surface area contributed by atoms with Crippen LogP contribution >= 0.6 is 23.1 Å². The van der Waals surface area contributed by atoms with Gasteiger partial charge in [-0.3, -0.25) is 14.2 Å². The maximum Gasteiger partial charge on any atom is 0.263 e. The summed E-state index contributed by atoms with van der Waals surface area (Å²) in [5, 5.41) is 1.22. The molecule has 0 bridgehead atoms. The average molecular weight is 401 g/mol. The average Bonchev–Trinajstić information content (AvgIpc) is 3.23. The Kier molecular flexibility index (Phi) is 4.97. The van der Waals surface area contributed by atoms with E-state index in [-0.39, 0.29) is 17.1 Å². The first kappa shape index (κ1) is 18.1. The predicted octanol–water partition coefficient (Wildman–Crippen LogP) is 4.25. The molecule has 0 atom stereocenters. The Bertz CT molecular complexity index is 1120. The van der Waals surface area contributed by atoms with Crippen molar-refractivity contribution < 1.29 is 9.18 Å². The molecule has 2 heterocycles. The molecule has 4 rings (SSSR count). The van der Waals surface area contributed by atoms with Crippen LogP contribution in [0.25, 0.3) is 10.2 Å². The number of fused-ring (bicyclic) bond motifs is 3. The summed E-state index contributed by atoms with van der Waals surface area (Å²) in [7, 11) is 0. The summed E-state index contributed by atoms with van der Waals surface area (Å²) in [6, 6.07) is 5.62. The fraction of sp³-hybridized carbons (Fsp3) is 0.250. The van der Waals surface area contributed by atoms with Crippen LogP contribution < -0.4 is 5.56 Å². The molecule has 7 heteroatoms. The third-order valence-electron chi connectivity index (χ3n) is 4.58. The second-order valence-corrected chi connectivity index (χ2v) is 8.38. The zero-order chi connectivity index (χ0) is 19.0. The van der Waals surface area contributed by atoms with Crippen LogP contribution in [-0.2, 0) is 19.4 Å². The van der Waals surface area contributed by atoms with Gasteiger partial charge in [0.15, 0.2) is 10.9 Å². The largest absolute Gasteiger partial charge is 0.293 e. The van der Waals surface area contributed by atoms with Crippen LogP contribution in [0.1, 0.15) is 27.2 Å². The number of nitrogens with zero attached hydrogens (tertiary/aromatic N) is 2. The SMILES string of the molecule is C=CCn1c(SCC(=O)c2cccc(F)c2)nc2sc3c(c2c1=O)CCC3. The van der Waals surface area contributed by atoms with E-state index >= 15 is 0 Å². The highest BCUT2D eigenvalue weighted by Gasteiger charge is 2.23. The standard InChI is InChI=1S/C20H17FN2O2S2/c1-2-9-23-19(25)17-14-7-4-8-16(14)27-18(17)22-20(23)26-11-15(24)12-5-3-6-13(21)10-12/h2-3,5-6,10H,1,4,7-9,11H2. The van der Waals surface area contributed by atoms with Crippen molar-refractivity contribution in [2.45, 2.75) is 31.0 Å². The number of carbonyl (C=O) groups excluding carboxylic acids is 1. The number of hydrogen-bond acceptors (Lipinski definition) is 5. The number of carbonyl (C=O) groups is 1. The summed E-state index contributed by atoms with van der Waals surface area (Å²) in [6.07, 6.45) is 4.65. The molecule has 0 N–H and O–H groups in total. The van der Waals surface area contributed by atoms with Gasteiger partial charge >= 0.3 is 0 Å². The van der Waals surface area contributed by atoms with E-state index in [1.54, 1.807) is 28.0 Å². The van der Waals surface area contributed by atoms with Crippen LogP contribution in [0.5, 0.6) is 0 Å². The monoisotopic (exact) mass is 400 g/mol. The van der Waals surface area contributed by atoms with Crippen LogP contribution in [-0.4, -0.2) is 21.1 Å². The van der Waals surface area contributed by atoms with E-state index < -0.39 is 5.82 Å². The predicted molar refractivity (Wildman–Crippen MR) is 108 cm³/mol. The van der Waals surface area contributed by atoms with Crippen molar-refractivity contribution in [3.05, 3.63) is 69.1 Å². The number of thioether (sulfide) groups is 1. The molecule has 4 nitrogen and oxygen atoms in total. The maximum absolute atomic E-state index is 13.3. The molecule has 27 heavy (non-hydrogen) atoms. The molecule has 0 fully saturated rings. The van der Waals surface area contributed by atoms with Gasteiger partial charge in [0.25, 0.3) is 5.56 Å². The van der Waals surface area contributed by atoms with Gasteiger partial charge in [-0.2, -0.15) is 0 Å². The third-order valence-corrected chi connectivity index (χ3v) is 6.74. The number of Topliss-reactive ketones (excluding diaryl/α,β-unsaturated/α-hetero) is 1. The molecular formula is C20H17FN2O2S2. The Morgan fingerprint density at radius 1 is 1.41 bits per heavy atom. The first-order valence-electron chi connectivity index (χ1n) is 8.66. The van der Waals surface area contributed by atoms with Gasteiger partial charge in [0.1, 0.15) is 10.6 Å². The van der Waals surface area contributed by atoms with Crippen LogP contribution in [0.2, 0.25) is 0 Å². The Labute approximate surface area is 163 Å². The van der Waals surface area contributed by atoms with Gasteiger partial charge in [-0.05, 0) is 37.0 Å². The molecule has 0 spiro atoms. The quantitative estimate of drug-likeness (QED) is 0.269. The smallest absolute Gasteiger partial charge is 0.263 e. The summed E-state index contributed by atoms with van der Waals surface area (Å²) < 4.78 is 14.9. The Balaban J connectivity index is 1.68. The van der Waals surface area contributed by atoms with Crippen molar-refractivity contribution >= 4 is 39.1 Å². The molecule has 0 unspecified atom stereocenters. The lowest BCUT2D eigenvalue weighted by Gasteiger charge is -2.10. The minimum absolute atomic E-state index is 0.0694. The number of thiophene rings is 1. The summed E-state index contributed by atoms with van der Waals surface area (Å²) in [5.74, 6) is -0.557. The van der Waals surface area contributed by atoms with Gasteiger partial charge in [-0.1, -0.05) is 30.0 Å². The molecule has 1 aliphatic rings. The molecule has 0 aliphatic heterocycles. The molecule has 138 valence electrons. The van der Waals surface area contributed by atoms with Gasteiger partial charge in [-0.15, -0.1) is 17.9 Å². The minimum Gasteiger partial charge on any atom is -0.293 e. The number of halogens is 1. The molecule has 1 aromatic carbocycles. The van der Waals surface area contributed by atoms with Crippen LogP contribution in [0.15, 0.2) is 46.9 Å².